The van der Waals surface area contributed by atoms with E-state index in [1.807, 2.05) is 20.8 Å². The van der Waals surface area contributed by atoms with Crippen molar-refractivity contribution in [2.75, 3.05) is 12.4 Å². The van der Waals surface area contributed by atoms with Crippen LogP contribution in [0.1, 0.15) is 27.2 Å². The van der Waals surface area contributed by atoms with Gasteiger partial charge in [0.15, 0.2) is 0 Å². The minimum Gasteiger partial charge on any atom is -0.387 e. The van der Waals surface area contributed by atoms with Gasteiger partial charge in [-0.3, -0.25) is 0 Å². The van der Waals surface area contributed by atoms with E-state index in [-0.39, 0.29) is 4.90 Å². The highest BCUT2D eigenvalue weighted by molar-refractivity contribution is 7.89. The Morgan fingerprint density at radius 1 is 1.24 bits per heavy atom. The first-order valence-corrected chi connectivity index (χ1v) is 7.11. The molecule has 0 unspecified atom stereocenters. The largest absolute Gasteiger partial charge is 0.387 e. The number of nitrogens with one attached hydrogen (secondary N) is 2. The average molecular weight is 256 g/mol. The number of sulfonamides is 1. The van der Waals surface area contributed by atoms with Crippen LogP contribution in [0.25, 0.3) is 0 Å². The second-order valence-electron chi connectivity index (χ2n) is 4.59. The second kappa shape index (κ2) is 5.06. The van der Waals surface area contributed by atoms with Gasteiger partial charge in [-0.15, -0.1) is 0 Å². The molecule has 0 atom stereocenters. The summed E-state index contributed by atoms with van der Waals surface area (Å²) in [5.41, 5.74) is 0.159. The van der Waals surface area contributed by atoms with Gasteiger partial charge in [0.05, 0.1) is 5.69 Å². The van der Waals surface area contributed by atoms with E-state index < -0.39 is 15.6 Å². The smallest absolute Gasteiger partial charge is 0.243 e. The Morgan fingerprint density at radius 3 is 2.35 bits per heavy atom. The Morgan fingerprint density at radius 2 is 1.82 bits per heavy atom. The SMILES string of the molecule is CCC(C)(C)NS(=O)(=O)c1ccccc1NC. The Kier molecular flexibility index (Phi) is 4.16. The normalized spacial score (nSPS) is 12.5. The van der Waals surface area contributed by atoms with E-state index >= 15 is 0 Å². The quantitative estimate of drug-likeness (QED) is 0.849. The highest BCUT2D eigenvalue weighted by Crippen LogP contribution is 2.22. The molecule has 0 saturated heterocycles. The molecule has 0 amide bonds. The number of hydrogen-bond acceptors (Lipinski definition) is 3. The molecular weight excluding hydrogens is 236 g/mol. The van der Waals surface area contributed by atoms with Crippen LogP contribution in [0.2, 0.25) is 0 Å². The Labute approximate surface area is 103 Å². The van der Waals surface area contributed by atoms with Crippen LogP contribution in [0.15, 0.2) is 29.2 Å². The molecule has 0 spiro atoms. The summed E-state index contributed by atoms with van der Waals surface area (Å²) in [5.74, 6) is 0. The van der Waals surface area contributed by atoms with E-state index in [1.54, 1.807) is 31.3 Å². The maximum Gasteiger partial charge on any atom is 0.243 e. The van der Waals surface area contributed by atoms with Crippen molar-refractivity contribution in [1.29, 1.82) is 0 Å². The van der Waals surface area contributed by atoms with Gasteiger partial charge in [0, 0.05) is 12.6 Å². The van der Waals surface area contributed by atoms with Gasteiger partial charge < -0.3 is 5.32 Å². The van der Waals surface area contributed by atoms with Crippen LogP contribution in [-0.2, 0) is 10.0 Å². The lowest BCUT2D eigenvalue weighted by Gasteiger charge is -2.24. The first kappa shape index (κ1) is 14.0. The van der Waals surface area contributed by atoms with Crippen LogP contribution in [0, 0.1) is 0 Å². The molecule has 0 aliphatic rings. The summed E-state index contributed by atoms with van der Waals surface area (Å²) in [6.07, 6.45) is 0.730. The number of benzene rings is 1. The van der Waals surface area contributed by atoms with E-state index in [1.165, 1.54) is 0 Å². The zero-order valence-electron chi connectivity index (χ0n) is 10.7. The molecule has 1 aromatic carbocycles. The Hall–Kier alpha value is -1.07. The van der Waals surface area contributed by atoms with Crippen LogP contribution in [0.5, 0.6) is 0 Å². The van der Waals surface area contributed by atoms with E-state index in [0.717, 1.165) is 6.42 Å². The fourth-order valence-corrected chi connectivity index (χ4v) is 3.10. The van der Waals surface area contributed by atoms with E-state index in [0.29, 0.717) is 5.69 Å². The molecule has 0 fully saturated rings. The summed E-state index contributed by atoms with van der Waals surface area (Å²) >= 11 is 0. The lowest BCUT2D eigenvalue weighted by atomic mass is 10.0. The first-order valence-electron chi connectivity index (χ1n) is 5.63. The van der Waals surface area contributed by atoms with Crippen LogP contribution in [0.3, 0.4) is 0 Å². The molecule has 5 heteroatoms. The maximum absolute atomic E-state index is 12.2. The second-order valence-corrected chi connectivity index (χ2v) is 6.24. The molecule has 2 N–H and O–H groups in total. The molecule has 0 saturated carbocycles. The predicted octanol–water partition coefficient (Wildman–Crippen LogP) is 2.20. The number of hydrogen-bond donors (Lipinski definition) is 2. The van der Waals surface area contributed by atoms with Crippen molar-refractivity contribution >= 4 is 15.7 Å². The first-order chi connectivity index (χ1) is 7.82. The van der Waals surface area contributed by atoms with Crippen LogP contribution < -0.4 is 10.0 Å². The third-order valence-corrected chi connectivity index (χ3v) is 4.50. The number of para-hydroxylation sites is 1. The third-order valence-electron chi connectivity index (χ3n) is 2.74. The molecule has 0 bridgehead atoms. The highest BCUT2D eigenvalue weighted by atomic mass is 32.2. The number of rotatable bonds is 5. The molecular formula is C12H20N2O2S. The standard InChI is InChI=1S/C12H20N2O2S/c1-5-12(2,3)14-17(15,16)11-9-7-6-8-10(11)13-4/h6-9,13-14H,5H2,1-4H3. The van der Waals surface area contributed by atoms with Gasteiger partial charge in [0.25, 0.3) is 0 Å². The van der Waals surface area contributed by atoms with Gasteiger partial charge in [-0.2, -0.15) is 0 Å². The summed E-state index contributed by atoms with van der Waals surface area (Å²) in [4.78, 5) is 0.282. The molecule has 1 aromatic rings. The van der Waals surface area contributed by atoms with Crippen LogP contribution in [0.4, 0.5) is 5.69 Å². The van der Waals surface area contributed by atoms with Crippen molar-refractivity contribution in [3.63, 3.8) is 0 Å². The van der Waals surface area contributed by atoms with Crippen molar-refractivity contribution in [3.8, 4) is 0 Å². The summed E-state index contributed by atoms with van der Waals surface area (Å²) in [5, 5.41) is 2.89. The zero-order chi connectivity index (χ0) is 13.1. The van der Waals surface area contributed by atoms with E-state index in [4.69, 9.17) is 0 Å². The fourth-order valence-electron chi connectivity index (χ4n) is 1.40. The molecule has 0 radical (unpaired) electrons. The van der Waals surface area contributed by atoms with Gasteiger partial charge >= 0.3 is 0 Å². The van der Waals surface area contributed by atoms with E-state index in [2.05, 4.69) is 10.0 Å². The monoisotopic (exact) mass is 256 g/mol. The van der Waals surface area contributed by atoms with Gasteiger partial charge in [0.2, 0.25) is 10.0 Å². The van der Waals surface area contributed by atoms with Crippen molar-refractivity contribution in [1.82, 2.24) is 4.72 Å². The van der Waals surface area contributed by atoms with Crippen molar-refractivity contribution in [3.05, 3.63) is 24.3 Å². The fraction of sp³-hybridized carbons (Fsp3) is 0.500. The van der Waals surface area contributed by atoms with Gasteiger partial charge in [0.1, 0.15) is 4.90 Å². The molecule has 4 nitrogen and oxygen atoms in total. The molecule has 17 heavy (non-hydrogen) atoms. The average Bonchev–Trinajstić information content (AvgIpc) is 2.28. The summed E-state index contributed by atoms with van der Waals surface area (Å²) < 4.78 is 27.2. The summed E-state index contributed by atoms with van der Waals surface area (Å²) in [7, 11) is -1.78. The minimum absolute atomic E-state index is 0.282. The predicted molar refractivity (Wildman–Crippen MR) is 70.7 cm³/mol. The zero-order valence-corrected chi connectivity index (χ0v) is 11.6. The maximum atomic E-state index is 12.2. The van der Waals surface area contributed by atoms with Crippen molar-refractivity contribution < 1.29 is 8.42 Å². The summed E-state index contributed by atoms with van der Waals surface area (Å²) in [6.45, 7) is 5.69. The van der Waals surface area contributed by atoms with Crippen molar-refractivity contribution in [2.45, 2.75) is 37.6 Å². The minimum atomic E-state index is -3.49. The Bertz CT molecular complexity index is 481. The number of anilines is 1. The van der Waals surface area contributed by atoms with Crippen LogP contribution in [-0.4, -0.2) is 21.0 Å². The molecule has 0 heterocycles. The van der Waals surface area contributed by atoms with Gasteiger partial charge in [-0.1, -0.05) is 19.1 Å². The lowest BCUT2D eigenvalue weighted by Crippen LogP contribution is -2.42. The molecule has 0 aliphatic carbocycles. The molecule has 1 rings (SSSR count). The van der Waals surface area contributed by atoms with E-state index in [9.17, 15) is 8.42 Å². The highest BCUT2D eigenvalue weighted by Gasteiger charge is 2.26. The van der Waals surface area contributed by atoms with Crippen molar-refractivity contribution in [2.24, 2.45) is 0 Å². The third kappa shape index (κ3) is 3.44. The van der Waals surface area contributed by atoms with Gasteiger partial charge in [-0.05, 0) is 32.4 Å². The topological polar surface area (TPSA) is 58.2 Å². The summed E-state index contributed by atoms with van der Waals surface area (Å²) in [6, 6.07) is 6.86. The molecule has 96 valence electrons. The van der Waals surface area contributed by atoms with Gasteiger partial charge in [-0.25, -0.2) is 13.1 Å². The molecule has 0 aromatic heterocycles. The Balaban J connectivity index is 3.14. The molecule has 0 aliphatic heterocycles. The lowest BCUT2D eigenvalue weighted by molar-refractivity contribution is 0.439. The van der Waals surface area contributed by atoms with Crippen LogP contribution >= 0.6 is 0 Å².